The van der Waals surface area contributed by atoms with Crippen LogP contribution < -0.4 is 10.1 Å². The van der Waals surface area contributed by atoms with Gasteiger partial charge in [-0.3, -0.25) is 4.79 Å². The third-order valence-electron chi connectivity index (χ3n) is 3.50. The maximum atomic E-state index is 12.3. The van der Waals surface area contributed by atoms with Crippen molar-refractivity contribution in [2.24, 2.45) is 0 Å². The zero-order valence-corrected chi connectivity index (χ0v) is 12.8. The second kappa shape index (κ2) is 6.99. The smallest absolute Gasteiger partial charge is 0.255 e. The molecule has 20 heavy (non-hydrogen) atoms. The Kier molecular flexibility index (Phi) is 5.31. The summed E-state index contributed by atoms with van der Waals surface area (Å²) in [6, 6.07) is 7.31. The Bertz CT molecular complexity index is 458. The Morgan fingerprint density at radius 3 is 2.90 bits per heavy atom. The molecule has 0 spiro atoms. The molecule has 0 radical (unpaired) electrons. The molecular formula is C15H21NO3S. The molecule has 1 aromatic rings. The van der Waals surface area contributed by atoms with Crippen LogP contribution in [0.3, 0.4) is 0 Å². The van der Waals surface area contributed by atoms with Crippen molar-refractivity contribution in [2.45, 2.75) is 18.9 Å². The number of nitrogens with one attached hydrogen (secondary N) is 1. The van der Waals surface area contributed by atoms with Gasteiger partial charge in [0.1, 0.15) is 5.75 Å². The average Bonchev–Trinajstić information content (AvgIpc) is 2.95. The van der Waals surface area contributed by atoms with Gasteiger partial charge in [-0.15, -0.1) is 0 Å². The van der Waals surface area contributed by atoms with Gasteiger partial charge in [0, 0.05) is 19.4 Å². The van der Waals surface area contributed by atoms with E-state index in [4.69, 9.17) is 9.47 Å². The number of hydrogen-bond acceptors (Lipinski definition) is 4. The highest BCUT2D eigenvalue weighted by Crippen LogP contribution is 2.30. The molecule has 1 heterocycles. The van der Waals surface area contributed by atoms with Crippen molar-refractivity contribution in [1.29, 1.82) is 0 Å². The zero-order valence-electron chi connectivity index (χ0n) is 12.0. The highest BCUT2D eigenvalue weighted by molar-refractivity contribution is 7.99. The molecule has 0 aliphatic carbocycles. The van der Waals surface area contributed by atoms with E-state index in [1.165, 1.54) is 0 Å². The van der Waals surface area contributed by atoms with Crippen LogP contribution >= 0.6 is 11.8 Å². The summed E-state index contributed by atoms with van der Waals surface area (Å²) < 4.78 is 11.1. The first-order valence-corrected chi connectivity index (χ1v) is 7.99. The van der Waals surface area contributed by atoms with Crippen LogP contribution in [-0.2, 0) is 4.74 Å². The van der Waals surface area contributed by atoms with Crippen molar-refractivity contribution in [3.8, 4) is 5.75 Å². The van der Waals surface area contributed by atoms with Gasteiger partial charge in [-0.2, -0.15) is 11.8 Å². The zero-order chi connectivity index (χ0) is 14.4. The normalized spacial score (nSPS) is 21.7. The highest BCUT2D eigenvalue weighted by atomic mass is 32.2. The Labute approximate surface area is 124 Å². The molecule has 0 bridgehead atoms. The summed E-state index contributed by atoms with van der Waals surface area (Å²) in [5.41, 5.74) is 0.354. The number of hydrogen-bond donors (Lipinski definition) is 1. The molecule has 1 fully saturated rings. The van der Waals surface area contributed by atoms with E-state index >= 15 is 0 Å². The first-order chi connectivity index (χ1) is 9.71. The van der Waals surface area contributed by atoms with Crippen LogP contribution in [0.5, 0.6) is 5.75 Å². The Morgan fingerprint density at radius 2 is 2.25 bits per heavy atom. The molecule has 1 aliphatic heterocycles. The van der Waals surface area contributed by atoms with Crippen molar-refractivity contribution in [3.05, 3.63) is 29.8 Å². The Morgan fingerprint density at radius 1 is 1.45 bits per heavy atom. The summed E-state index contributed by atoms with van der Waals surface area (Å²) in [4.78, 5) is 12.3. The van der Waals surface area contributed by atoms with E-state index in [-0.39, 0.29) is 11.5 Å². The molecule has 1 N–H and O–H groups in total. The number of benzene rings is 1. The molecule has 0 unspecified atom stereocenters. The molecular weight excluding hydrogens is 274 g/mol. The minimum atomic E-state index is -0.221. The number of methoxy groups -OCH3 is 1. The van der Waals surface area contributed by atoms with E-state index in [1.54, 1.807) is 13.2 Å². The molecule has 5 heteroatoms. The van der Waals surface area contributed by atoms with Gasteiger partial charge >= 0.3 is 0 Å². The van der Waals surface area contributed by atoms with Gasteiger partial charge in [-0.25, -0.2) is 0 Å². The lowest BCUT2D eigenvalue weighted by Crippen LogP contribution is -2.44. The molecule has 0 aromatic heterocycles. The van der Waals surface area contributed by atoms with Gasteiger partial charge in [-0.1, -0.05) is 12.1 Å². The topological polar surface area (TPSA) is 47.6 Å². The quantitative estimate of drug-likeness (QED) is 0.875. The van der Waals surface area contributed by atoms with Crippen molar-refractivity contribution in [3.63, 3.8) is 0 Å². The fourth-order valence-corrected chi connectivity index (χ4v) is 3.63. The summed E-state index contributed by atoms with van der Waals surface area (Å²) in [7, 11) is 1.71. The van der Waals surface area contributed by atoms with Crippen LogP contribution in [-0.4, -0.2) is 43.3 Å². The lowest BCUT2D eigenvalue weighted by Gasteiger charge is -2.26. The van der Waals surface area contributed by atoms with Gasteiger partial charge in [-0.05, 0) is 31.2 Å². The van der Waals surface area contributed by atoms with Gasteiger partial charge in [0.25, 0.3) is 5.91 Å². The lowest BCUT2D eigenvalue weighted by molar-refractivity contribution is 0.0137. The second-order valence-corrected chi connectivity index (χ2v) is 5.91. The molecule has 0 saturated carbocycles. The maximum Gasteiger partial charge on any atom is 0.255 e. The molecule has 1 amide bonds. The van der Waals surface area contributed by atoms with Gasteiger partial charge in [0.15, 0.2) is 0 Å². The lowest BCUT2D eigenvalue weighted by atomic mass is 10.0. The first-order valence-electron chi connectivity index (χ1n) is 6.84. The molecule has 4 nitrogen and oxygen atoms in total. The maximum absolute atomic E-state index is 12.3. The summed E-state index contributed by atoms with van der Waals surface area (Å²) in [6.07, 6.45) is 0.974. The Balaban J connectivity index is 2.01. The fraction of sp³-hybridized carbons (Fsp3) is 0.533. The SMILES string of the molecule is CCOc1ccccc1C(=O)NC[C@@]1(OC)CCSC1. The molecule has 110 valence electrons. The number of rotatable bonds is 6. The summed E-state index contributed by atoms with van der Waals surface area (Å²) in [5, 5.41) is 2.97. The van der Waals surface area contributed by atoms with Crippen LogP contribution in [0, 0.1) is 0 Å². The fourth-order valence-electron chi connectivity index (χ4n) is 2.23. The summed E-state index contributed by atoms with van der Waals surface area (Å²) in [5.74, 6) is 2.53. The predicted molar refractivity (Wildman–Crippen MR) is 81.6 cm³/mol. The molecule has 1 atom stereocenters. The third-order valence-corrected chi connectivity index (χ3v) is 4.73. The first kappa shape index (κ1) is 15.2. The average molecular weight is 295 g/mol. The number of carbonyl (C=O) groups excluding carboxylic acids is 1. The van der Waals surface area contributed by atoms with Gasteiger partial charge < -0.3 is 14.8 Å². The van der Waals surface area contributed by atoms with E-state index in [0.29, 0.717) is 24.5 Å². The van der Waals surface area contributed by atoms with Crippen LogP contribution in [0.4, 0.5) is 0 Å². The summed E-state index contributed by atoms with van der Waals surface area (Å²) in [6.45, 7) is 2.99. The van der Waals surface area contributed by atoms with Crippen LogP contribution in [0.25, 0.3) is 0 Å². The van der Waals surface area contributed by atoms with Gasteiger partial charge in [0.2, 0.25) is 0 Å². The summed E-state index contributed by atoms with van der Waals surface area (Å²) >= 11 is 1.86. The van der Waals surface area contributed by atoms with Crippen LogP contribution in [0.2, 0.25) is 0 Å². The minimum Gasteiger partial charge on any atom is -0.493 e. The molecule has 2 rings (SSSR count). The van der Waals surface area contributed by atoms with Gasteiger partial charge in [0.05, 0.1) is 17.8 Å². The van der Waals surface area contributed by atoms with Crippen molar-refractivity contribution >= 4 is 17.7 Å². The number of thioether (sulfide) groups is 1. The van der Waals surface area contributed by atoms with E-state index < -0.39 is 0 Å². The van der Waals surface area contributed by atoms with Crippen molar-refractivity contribution in [2.75, 3.05) is 31.8 Å². The van der Waals surface area contributed by atoms with Crippen molar-refractivity contribution < 1.29 is 14.3 Å². The highest BCUT2D eigenvalue weighted by Gasteiger charge is 2.34. The van der Waals surface area contributed by atoms with E-state index in [2.05, 4.69) is 5.32 Å². The second-order valence-electron chi connectivity index (χ2n) is 4.80. The third kappa shape index (κ3) is 3.46. The van der Waals surface area contributed by atoms with Crippen LogP contribution in [0.1, 0.15) is 23.7 Å². The largest absolute Gasteiger partial charge is 0.493 e. The molecule has 1 aliphatic rings. The van der Waals surface area contributed by atoms with E-state index in [1.807, 2.05) is 36.9 Å². The standard InChI is InChI=1S/C15H21NO3S/c1-3-19-13-7-5-4-6-12(13)14(17)16-10-15(18-2)8-9-20-11-15/h4-7H,3,8-11H2,1-2H3,(H,16,17)/t15-/m0/s1. The van der Waals surface area contributed by atoms with Crippen LogP contribution in [0.15, 0.2) is 24.3 Å². The molecule has 1 saturated heterocycles. The van der Waals surface area contributed by atoms with Crippen molar-refractivity contribution in [1.82, 2.24) is 5.32 Å². The van der Waals surface area contributed by atoms with E-state index in [9.17, 15) is 4.79 Å². The Hall–Kier alpha value is -1.20. The monoisotopic (exact) mass is 295 g/mol. The number of amides is 1. The molecule has 1 aromatic carbocycles. The number of carbonyl (C=O) groups is 1. The number of ether oxygens (including phenoxy) is 2. The van der Waals surface area contributed by atoms with E-state index in [0.717, 1.165) is 17.9 Å². The predicted octanol–water partition coefficient (Wildman–Crippen LogP) is 2.34. The number of para-hydroxylation sites is 1. The minimum absolute atomic E-state index is 0.109.